The highest BCUT2D eigenvalue weighted by molar-refractivity contribution is 5.99. The van der Waals surface area contributed by atoms with Crippen molar-refractivity contribution < 1.29 is 9.72 Å². The minimum absolute atomic E-state index is 0.0216. The number of hydrogen-bond donors (Lipinski definition) is 1. The van der Waals surface area contributed by atoms with Crippen molar-refractivity contribution in [2.45, 2.75) is 0 Å². The molecule has 130 valence electrons. The van der Waals surface area contributed by atoms with Crippen molar-refractivity contribution in [3.05, 3.63) is 64.2 Å². The molecule has 0 aromatic heterocycles. The highest BCUT2D eigenvalue weighted by atomic mass is 16.6. The number of amides is 1. The Balaban J connectivity index is 1.65. The van der Waals surface area contributed by atoms with Crippen LogP contribution in [0.2, 0.25) is 0 Å². The van der Waals surface area contributed by atoms with E-state index in [9.17, 15) is 14.9 Å². The number of nitrogens with zero attached hydrogens (tertiary/aromatic N) is 3. The average Bonchev–Trinajstić information content (AvgIpc) is 2.67. The van der Waals surface area contributed by atoms with Crippen LogP contribution >= 0.6 is 0 Å². The Morgan fingerprint density at radius 3 is 2.28 bits per heavy atom. The van der Waals surface area contributed by atoms with E-state index in [0.29, 0.717) is 31.7 Å². The van der Waals surface area contributed by atoms with E-state index >= 15 is 0 Å². The van der Waals surface area contributed by atoms with Crippen LogP contribution in [0.15, 0.2) is 48.5 Å². The predicted molar refractivity (Wildman–Crippen MR) is 97.2 cm³/mol. The molecule has 1 heterocycles. The first-order valence-corrected chi connectivity index (χ1v) is 8.15. The fraction of sp³-hybridized carbons (Fsp3) is 0.278. The van der Waals surface area contributed by atoms with Gasteiger partial charge in [-0.3, -0.25) is 14.9 Å². The summed E-state index contributed by atoms with van der Waals surface area (Å²) in [5.74, 6) is 0.0216. The van der Waals surface area contributed by atoms with Gasteiger partial charge in [-0.15, -0.1) is 0 Å². The molecular weight excluding hydrogens is 320 g/mol. The number of non-ortho nitro benzene ring substituents is 1. The maximum atomic E-state index is 12.7. The van der Waals surface area contributed by atoms with Gasteiger partial charge in [0.25, 0.3) is 11.6 Å². The standard InChI is InChI=1S/C18H20N4O3/c1-19-17-5-3-2-4-16(17)18(23)21-12-10-20(11-13-21)14-6-8-15(9-7-14)22(24)25/h2-9,19H,10-13H2,1H3. The van der Waals surface area contributed by atoms with Crippen LogP contribution in [-0.2, 0) is 0 Å². The van der Waals surface area contributed by atoms with Gasteiger partial charge in [0.1, 0.15) is 0 Å². The van der Waals surface area contributed by atoms with Crippen molar-refractivity contribution in [3.63, 3.8) is 0 Å². The SMILES string of the molecule is CNc1ccccc1C(=O)N1CCN(c2ccc([N+](=O)[O-])cc2)CC1. The molecule has 0 bridgehead atoms. The monoisotopic (exact) mass is 340 g/mol. The molecule has 0 saturated carbocycles. The second kappa shape index (κ2) is 7.21. The summed E-state index contributed by atoms with van der Waals surface area (Å²) in [5, 5.41) is 13.8. The van der Waals surface area contributed by atoms with E-state index < -0.39 is 4.92 Å². The lowest BCUT2D eigenvalue weighted by atomic mass is 10.1. The molecule has 1 amide bonds. The Labute approximate surface area is 146 Å². The molecule has 0 radical (unpaired) electrons. The van der Waals surface area contributed by atoms with Crippen molar-refractivity contribution >= 4 is 23.0 Å². The van der Waals surface area contributed by atoms with Crippen molar-refractivity contribution in [1.82, 2.24) is 4.90 Å². The molecule has 0 atom stereocenters. The number of para-hydroxylation sites is 1. The molecule has 0 spiro atoms. The molecule has 1 aliphatic rings. The minimum atomic E-state index is -0.403. The molecule has 2 aromatic rings. The zero-order valence-corrected chi connectivity index (χ0v) is 14.0. The number of nitro benzene ring substituents is 1. The number of carbonyl (C=O) groups is 1. The van der Waals surface area contributed by atoms with Gasteiger partial charge in [-0.2, -0.15) is 0 Å². The highest BCUT2D eigenvalue weighted by Crippen LogP contribution is 2.22. The second-order valence-electron chi connectivity index (χ2n) is 5.85. The molecule has 7 nitrogen and oxygen atoms in total. The number of piperazine rings is 1. The Kier molecular flexibility index (Phi) is 4.83. The molecule has 1 fully saturated rings. The molecule has 0 aliphatic carbocycles. The van der Waals surface area contributed by atoms with Crippen LogP contribution in [0.1, 0.15) is 10.4 Å². The van der Waals surface area contributed by atoms with Gasteiger partial charge in [0.15, 0.2) is 0 Å². The van der Waals surface area contributed by atoms with Crippen LogP contribution in [0.3, 0.4) is 0 Å². The number of nitrogens with one attached hydrogen (secondary N) is 1. The van der Waals surface area contributed by atoms with Crippen molar-refractivity contribution in [2.75, 3.05) is 43.4 Å². The van der Waals surface area contributed by atoms with Crippen molar-refractivity contribution in [1.29, 1.82) is 0 Å². The minimum Gasteiger partial charge on any atom is -0.387 e. The van der Waals surface area contributed by atoms with Gasteiger partial charge in [0, 0.05) is 56.7 Å². The average molecular weight is 340 g/mol. The maximum Gasteiger partial charge on any atom is 0.269 e. The number of anilines is 2. The van der Waals surface area contributed by atoms with E-state index in [0.717, 1.165) is 11.4 Å². The summed E-state index contributed by atoms with van der Waals surface area (Å²) in [6, 6.07) is 14.0. The molecule has 1 N–H and O–H groups in total. The van der Waals surface area contributed by atoms with E-state index in [1.807, 2.05) is 29.2 Å². The van der Waals surface area contributed by atoms with Crippen molar-refractivity contribution in [2.24, 2.45) is 0 Å². The lowest BCUT2D eigenvalue weighted by Crippen LogP contribution is -2.48. The van der Waals surface area contributed by atoms with E-state index in [1.54, 1.807) is 19.2 Å². The number of nitro groups is 1. The highest BCUT2D eigenvalue weighted by Gasteiger charge is 2.23. The largest absolute Gasteiger partial charge is 0.387 e. The molecular formula is C18H20N4O3. The molecule has 1 saturated heterocycles. The van der Waals surface area contributed by atoms with Gasteiger partial charge in [0.05, 0.1) is 10.5 Å². The Morgan fingerprint density at radius 1 is 1.04 bits per heavy atom. The summed E-state index contributed by atoms with van der Waals surface area (Å²) in [6.45, 7) is 2.64. The Morgan fingerprint density at radius 2 is 1.68 bits per heavy atom. The summed E-state index contributed by atoms with van der Waals surface area (Å²) in [7, 11) is 1.80. The van der Waals surface area contributed by atoms with Crippen LogP contribution in [0, 0.1) is 10.1 Å². The number of rotatable bonds is 4. The summed E-state index contributed by atoms with van der Waals surface area (Å²) in [6.07, 6.45) is 0. The van der Waals surface area contributed by atoms with Gasteiger partial charge in [0.2, 0.25) is 0 Å². The van der Waals surface area contributed by atoms with E-state index in [1.165, 1.54) is 12.1 Å². The van der Waals surface area contributed by atoms with Gasteiger partial charge in [-0.05, 0) is 24.3 Å². The van der Waals surface area contributed by atoms with Gasteiger partial charge in [-0.1, -0.05) is 12.1 Å². The summed E-state index contributed by atoms with van der Waals surface area (Å²) in [5.41, 5.74) is 2.52. The lowest BCUT2D eigenvalue weighted by molar-refractivity contribution is -0.384. The first kappa shape index (κ1) is 16.8. The molecule has 25 heavy (non-hydrogen) atoms. The maximum absolute atomic E-state index is 12.7. The van der Waals surface area contributed by atoms with Gasteiger partial charge < -0.3 is 15.1 Å². The smallest absolute Gasteiger partial charge is 0.269 e. The first-order chi connectivity index (χ1) is 12.1. The summed E-state index contributed by atoms with van der Waals surface area (Å²) < 4.78 is 0. The van der Waals surface area contributed by atoms with Gasteiger partial charge in [-0.25, -0.2) is 0 Å². The van der Waals surface area contributed by atoms with Crippen LogP contribution in [-0.4, -0.2) is 49.0 Å². The summed E-state index contributed by atoms with van der Waals surface area (Å²) >= 11 is 0. The topological polar surface area (TPSA) is 78.7 Å². The van der Waals surface area contributed by atoms with Gasteiger partial charge >= 0.3 is 0 Å². The van der Waals surface area contributed by atoms with E-state index in [-0.39, 0.29) is 11.6 Å². The lowest BCUT2D eigenvalue weighted by Gasteiger charge is -2.36. The molecule has 1 aliphatic heterocycles. The zero-order chi connectivity index (χ0) is 17.8. The first-order valence-electron chi connectivity index (χ1n) is 8.15. The van der Waals surface area contributed by atoms with Crippen LogP contribution in [0.4, 0.5) is 17.1 Å². The molecule has 0 unspecified atom stereocenters. The molecule has 3 rings (SSSR count). The van der Waals surface area contributed by atoms with Crippen LogP contribution < -0.4 is 10.2 Å². The van der Waals surface area contributed by atoms with E-state index in [2.05, 4.69) is 10.2 Å². The number of benzene rings is 2. The quantitative estimate of drug-likeness (QED) is 0.684. The van der Waals surface area contributed by atoms with Crippen LogP contribution in [0.25, 0.3) is 0 Å². The fourth-order valence-corrected chi connectivity index (χ4v) is 3.01. The third-order valence-corrected chi connectivity index (χ3v) is 4.42. The normalized spacial score (nSPS) is 14.3. The fourth-order valence-electron chi connectivity index (χ4n) is 3.01. The number of hydrogen-bond acceptors (Lipinski definition) is 5. The van der Waals surface area contributed by atoms with Crippen LogP contribution in [0.5, 0.6) is 0 Å². The molecule has 2 aromatic carbocycles. The third kappa shape index (κ3) is 3.55. The Bertz CT molecular complexity index is 768. The zero-order valence-electron chi connectivity index (χ0n) is 14.0. The second-order valence-corrected chi connectivity index (χ2v) is 5.85. The van der Waals surface area contributed by atoms with Crippen molar-refractivity contribution in [3.8, 4) is 0 Å². The predicted octanol–water partition coefficient (Wildman–Crippen LogP) is 2.60. The molecule has 7 heteroatoms. The third-order valence-electron chi connectivity index (χ3n) is 4.42. The summed E-state index contributed by atoms with van der Waals surface area (Å²) in [4.78, 5) is 27.0. The number of carbonyl (C=O) groups excluding carboxylic acids is 1. The van der Waals surface area contributed by atoms with E-state index in [4.69, 9.17) is 0 Å². The Hall–Kier alpha value is -3.09.